The fourth-order valence-electron chi connectivity index (χ4n) is 2.78. The summed E-state index contributed by atoms with van der Waals surface area (Å²) < 4.78 is 0. The molecule has 1 aliphatic carbocycles. The van der Waals surface area contributed by atoms with E-state index in [4.69, 9.17) is 10.8 Å². The van der Waals surface area contributed by atoms with E-state index in [-0.39, 0.29) is 23.8 Å². The summed E-state index contributed by atoms with van der Waals surface area (Å²) in [5.74, 6) is -0.842. The van der Waals surface area contributed by atoms with Crippen LogP contribution in [0.15, 0.2) is 0 Å². The molecule has 0 aromatic rings. The van der Waals surface area contributed by atoms with Gasteiger partial charge in [0.05, 0.1) is 6.42 Å². The molecule has 0 aromatic carbocycles. The van der Waals surface area contributed by atoms with Crippen molar-refractivity contribution < 1.29 is 14.7 Å². The molecule has 1 rings (SSSR count). The first-order valence-corrected chi connectivity index (χ1v) is 7.21. The molecule has 0 aromatic heterocycles. The van der Waals surface area contributed by atoms with Crippen molar-refractivity contribution in [2.24, 2.45) is 11.1 Å². The summed E-state index contributed by atoms with van der Waals surface area (Å²) in [5, 5.41) is 11.9. The molecule has 0 radical (unpaired) electrons. The molecule has 1 aliphatic rings. The molecule has 1 amide bonds. The third-order valence-corrected chi connectivity index (χ3v) is 4.07. The van der Waals surface area contributed by atoms with Crippen molar-refractivity contribution in [3.05, 3.63) is 0 Å². The van der Waals surface area contributed by atoms with Gasteiger partial charge in [0, 0.05) is 19.0 Å². The van der Waals surface area contributed by atoms with Crippen molar-refractivity contribution in [1.29, 1.82) is 0 Å². The van der Waals surface area contributed by atoms with Crippen LogP contribution < -0.4 is 11.1 Å². The first kappa shape index (κ1) is 16.0. The molecule has 110 valence electrons. The number of aliphatic carboxylic acids is 1. The number of carboxylic acid groups (broad SMARTS) is 1. The minimum atomic E-state index is -0.776. The SMILES string of the molecule is CCC(N)CC(=O)NCC1(CC(=O)O)CCCCC1. The zero-order valence-corrected chi connectivity index (χ0v) is 11.8. The Kier molecular flexibility index (Phi) is 6.28. The van der Waals surface area contributed by atoms with Gasteiger partial charge in [-0.05, 0) is 24.7 Å². The second kappa shape index (κ2) is 7.48. The molecule has 19 heavy (non-hydrogen) atoms. The number of nitrogens with one attached hydrogen (secondary N) is 1. The summed E-state index contributed by atoms with van der Waals surface area (Å²) in [7, 11) is 0. The second-order valence-electron chi connectivity index (χ2n) is 5.78. The molecule has 0 bridgehead atoms. The predicted molar refractivity (Wildman–Crippen MR) is 73.7 cm³/mol. The number of hydrogen-bond donors (Lipinski definition) is 3. The zero-order chi connectivity index (χ0) is 14.3. The predicted octanol–water partition coefficient (Wildman–Crippen LogP) is 1.66. The summed E-state index contributed by atoms with van der Waals surface area (Å²) in [4.78, 5) is 22.8. The second-order valence-corrected chi connectivity index (χ2v) is 5.78. The molecule has 1 fully saturated rings. The van der Waals surface area contributed by atoms with E-state index in [2.05, 4.69) is 5.32 Å². The number of amides is 1. The highest BCUT2D eigenvalue weighted by Gasteiger charge is 2.34. The van der Waals surface area contributed by atoms with Crippen LogP contribution in [-0.2, 0) is 9.59 Å². The average molecular weight is 270 g/mol. The van der Waals surface area contributed by atoms with E-state index in [0.29, 0.717) is 13.0 Å². The number of hydrogen-bond acceptors (Lipinski definition) is 3. The van der Waals surface area contributed by atoms with Gasteiger partial charge in [-0.3, -0.25) is 9.59 Å². The Morgan fingerprint density at radius 3 is 2.47 bits per heavy atom. The summed E-state index contributed by atoms with van der Waals surface area (Å²) >= 11 is 0. The van der Waals surface area contributed by atoms with Gasteiger partial charge < -0.3 is 16.2 Å². The van der Waals surface area contributed by atoms with Crippen LogP contribution in [0.2, 0.25) is 0 Å². The standard InChI is InChI=1S/C14H26N2O3/c1-2-11(15)8-12(17)16-10-14(9-13(18)19)6-4-3-5-7-14/h11H,2-10,15H2,1H3,(H,16,17)(H,18,19). The molecule has 5 nitrogen and oxygen atoms in total. The smallest absolute Gasteiger partial charge is 0.303 e. The molecule has 1 unspecified atom stereocenters. The lowest BCUT2D eigenvalue weighted by Gasteiger charge is -2.36. The Hall–Kier alpha value is -1.10. The Balaban J connectivity index is 2.48. The average Bonchev–Trinajstić information content (AvgIpc) is 2.36. The van der Waals surface area contributed by atoms with Crippen molar-refractivity contribution in [2.45, 2.75) is 64.3 Å². The Bertz CT molecular complexity index is 312. The number of carbonyl (C=O) groups is 2. The molecule has 0 aliphatic heterocycles. The fourth-order valence-corrected chi connectivity index (χ4v) is 2.78. The number of carboxylic acids is 1. The van der Waals surface area contributed by atoms with Gasteiger partial charge in [-0.25, -0.2) is 0 Å². The number of rotatable bonds is 7. The van der Waals surface area contributed by atoms with E-state index in [1.807, 2.05) is 6.92 Å². The van der Waals surface area contributed by atoms with Crippen molar-refractivity contribution in [3.8, 4) is 0 Å². The molecule has 0 spiro atoms. The van der Waals surface area contributed by atoms with Crippen LogP contribution in [-0.4, -0.2) is 29.6 Å². The van der Waals surface area contributed by atoms with Crippen LogP contribution in [0.5, 0.6) is 0 Å². The topological polar surface area (TPSA) is 92.4 Å². The molecule has 0 saturated heterocycles. The van der Waals surface area contributed by atoms with Crippen LogP contribution in [0, 0.1) is 5.41 Å². The fraction of sp³-hybridized carbons (Fsp3) is 0.857. The highest BCUT2D eigenvalue weighted by Crippen LogP contribution is 2.38. The van der Waals surface area contributed by atoms with Gasteiger partial charge in [0.25, 0.3) is 0 Å². The van der Waals surface area contributed by atoms with Crippen LogP contribution >= 0.6 is 0 Å². The maximum absolute atomic E-state index is 11.7. The van der Waals surface area contributed by atoms with Crippen molar-refractivity contribution in [2.75, 3.05) is 6.54 Å². The van der Waals surface area contributed by atoms with Gasteiger partial charge in [0.1, 0.15) is 0 Å². The van der Waals surface area contributed by atoms with E-state index >= 15 is 0 Å². The summed E-state index contributed by atoms with van der Waals surface area (Å²) in [6.07, 6.45) is 6.28. The normalized spacial score (nSPS) is 19.7. The molecular weight excluding hydrogens is 244 g/mol. The first-order chi connectivity index (χ1) is 8.97. The summed E-state index contributed by atoms with van der Waals surface area (Å²) in [5.41, 5.74) is 5.49. The third-order valence-electron chi connectivity index (χ3n) is 4.07. The van der Waals surface area contributed by atoms with E-state index in [0.717, 1.165) is 38.5 Å². The molecule has 0 heterocycles. The quantitative estimate of drug-likeness (QED) is 0.656. The molecule has 1 saturated carbocycles. The minimum absolute atomic E-state index is 0.0651. The van der Waals surface area contributed by atoms with Gasteiger partial charge in [0.15, 0.2) is 0 Å². The molecular formula is C14H26N2O3. The Morgan fingerprint density at radius 2 is 1.95 bits per heavy atom. The number of carbonyl (C=O) groups excluding carboxylic acids is 1. The van der Waals surface area contributed by atoms with E-state index in [1.54, 1.807) is 0 Å². The molecule has 4 N–H and O–H groups in total. The zero-order valence-electron chi connectivity index (χ0n) is 11.8. The molecule has 1 atom stereocenters. The minimum Gasteiger partial charge on any atom is -0.481 e. The van der Waals surface area contributed by atoms with Gasteiger partial charge in [-0.15, -0.1) is 0 Å². The van der Waals surface area contributed by atoms with Gasteiger partial charge >= 0.3 is 5.97 Å². The van der Waals surface area contributed by atoms with E-state index in [1.165, 1.54) is 0 Å². The van der Waals surface area contributed by atoms with Crippen molar-refractivity contribution in [3.63, 3.8) is 0 Å². The monoisotopic (exact) mass is 270 g/mol. The van der Waals surface area contributed by atoms with Crippen LogP contribution in [0.1, 0.15) is 58.3 Å². The van der Waals surface area contributed by atoms with Gasteiger partial charge in [0.2, 0.25) is 5.91 Å². The maximum Gasteiger partial charge on any atom is 0.303 e. The van der Waals surface area contributed by atoms with Gasteiger partial charge in [-0.2, -0.15) is 0 Å². The lowest BCUT2D eigenvalue weighted by atomic mass is 9.71. The highest BCUT2D eigenvalue weighted by atomic mass is 16.4. The van der Waals surface area contributed by atoms with Crippen LogP contribution in [0.3, 0.4) is 0 Å². The Labute approximate surface area is 114 Å². The maximum atomic E-state index is 11.7. The largest absolute Gasteiger partial charge is 0.481 e. The number of nitrogens with two attached hydrogens (primary N) is 1. The lowest BCUT2D eigenvalue weighted by Crippen LogP contribution is -2.41. The summed E-state index contributed by atoms with van der Waals surface area (Å²) in [6, 6.07) is -0.109. The van der Waals surface area contributed by atoms with Crippen molar-refractivity contribution in [1.82, 2.24) is 5.32 Å². The molecule has 5 heteroatoms. The Morgan fingerprint density at radius 1 is 1.32 bits per heavy atom. The van der Waals surface area contributed by atoms with Crippen LogP contribution in [0.4, 0.5) is 0 Å². The van der Waals surface area contributed by atoms with Crippen molar-refractivity contribution >= 4 is 11.9 Å². The lowest BCUT2D eigenvalue weighted by molar-refractivity contribution is -0.140. The van der Waals surface area contributed by atoms with E-state index < -0.39 is 5.97 Å². The summed E-state index contributed by atoms with van der Waals surface area (Å²) in [6.45, 7) is 2.42. The van der Waals surface area contributed by atoms with Gasteiger partial charge in [-0.1, -0.05) is 26.2 Å². The third kappa shape index (κ3) is 5.59. The van der Waals surface area contributed by atoms with E-state index in [9.17, 15) is 9.59 Å². The highest BCUT2D eigenvalue weighted by molar-refractivity contribution is 5.76. The first-order valence-electron chi connectivity index (χ1n) is 7.21. The van der Waals surface area contributed by atoms with Crippen LogP contribution in [0.25, 0.3) is 0 Å².